The Morgan fingerprint density at radius 3 is 2.84 bits per heavy atom. The second-order valence-electron chi connectivity index (χ2n) is 5.86. The van der Waals surface area contributed by atoms with E-state index in [-0.39, 0.29) is 11.9 Å². The number of hydrogen-bond donors (Lipinski definition) is 1. The number of carbonyl (C=O) groups is 1. The summed E-state index contributed by atoms with van der Waals surface area (Å²) in [5.41, 5.74) is 5.52. The summed E-state index contributed by atoms with van der Waals surface area (Å²) in [6.07, 6.45) is 5.26. The van der Waals surface area contributed by atoms with E-state index in [2.05, 4.69) is 4.90 Å². The third kappa shape index (κ3) is 3.09. The van der Waals surface area contributed by atoms with Gasteiger partial charge in [0.15, 0.2) is 0 Å². The number of rotatable bonds is 5. The number of ether oxygens (including phenoxy) is 2. The zero-order chi connectivity index (χ0) is 13.9. The minimum absolute atomic E-state index is 0.244. The van der Waals surface area contributed by atoms with Crippen LogP contribution in [0.4, 0.5) is 0 Å². The van der Waals surface area contributed by atoms with Crippen LogP contribution < -0.4 is 5.73 Å². The van der Waals surface area contributed by atoms with Crippen molar-refractivity contribution < 1.29 is 14.3 Å². The molecule has 2 aliphatic rings. The molecule has 1 saturated heterocycles. The molecule has 3 unspecified atom stereocenters. The van der Waals surface area contributed by atoms with Gasteiger partial charge in [0.25, 0.3) is 0 Å². The summed E-state index contributed by atoms with van der Waals surface area (Å²) in [5.74, 6) is 0.00716. The van der Waals surface area contributed by atoms with Crippen molar-refractivity contribution in [3.63, 3.8) is 0 Å². The Balaban J connectivity index is 1.84. The Labute approximate surface area is 115 Å². The minimum atomic E-state index is -0.755. The van der Waals surface area contributed by atoms with E-state index in [0.717, 1.165) is 51.7 Å². The van der Waals surface area contributed by atoms with Crippen LogP contribution in [0.1, 0.15) is 32.1 Å². The fourth-order valence-corrected chi connectivity index (χ4v) is 3.49. The number of methoxy groups -OCH3 is 2. The lowest BCUT2D eigenvalue weighted by Crippen LogP contribution is -2.52. The molecule has 19 heavy (non-hydrogen) atoms. The SMILES string of the molecule is COC(=O)C1(N)CCCC1CCN1CCC(OC)C1. The van der Waals surface area contributed by atoms with Gasteiger partial charge in [0.2, 0.25) is 0 Å². The molecule has 0 radical (unpaired) electrons. The van der Waals surface area contributed by atoms with Crippen molar-refractivity contribution in [1.82, 2.24) is 4.90 Å². The van der Waals surface area contributed by atoms with E-state index in [1.54, 1.807) is 7.11 Å². The highest BCUT2D eigenvalue weighted by atomic mass is 16.5. The van der Waals surface area contributed by atoms with Crippen LogP contribution >= 0.6 is 0 Å². The van der Waals surface area contributed by atoms with Gasteiger partial charge in [-0.15, -0.1) is 0 Å². The molecule has 2 rings (SSSR count). The van der Waals surface area contributed by atoms with E-state index < -0.39 is 5.54 Å². The summed E-state index contributed by atoms with van der Waals surface area (Å²) in [6.45, 7) is 3.08. The fourth-order valence-electron chi connectivity index (χ4n) is 3.49. The van der Waals surface area contributed by atoms with E-state index in [9.17, 15) is 4.79 Å². The van der Waals surface area contributed by atoms with Crippen LogP contribution in [0, 0.1) is 5.92 Å². The highest BCUT2D eigenvalue weighted by Gasteiger charge is 2.46. The lowest BCUT2D eigenvalue weighted by molar-refractivity contribution is -0.148. The third-order valence-corrected chi connectivity index (χ3v) is 4.79. The zero-order valence-electron chi connectivity index (χ0n) is 12.1. The van der Waals surface area contributed by atoms with Gasteiger partial charge in [-0.3, -0.25) is 4.79 Å². The average molecular weight is 270 g/mol. The van der Waals surface area contributed by atoms with Gasteiger partial charge in [-0.05, 0) is 38.1 Å². The number of nitrogens with zero attached hydrogens (tertiary/aromatic N) is 1. The molecule has 1 saturated carbocycles. The fraction of sp³-hybridized carbons (Fsp3) is 0.929. The molecular weight excluding hydrogens is 244 g/mol. The lowest BCUT2D eigenvalue weighted by Gasteiger charge is -2.29. The molecule has 1 aliphatic carbocycles. The van der Waals surface area contributed by atoms with Crippen molar-refractivity contribution in [3.05, 3.63) is 0 Å². The van der Waals surface area contributed by atoms with Gasteiger partial charge in [-0.25, -0.2) is 0 Å². The average Bonchev–Trinajstić information content (AvgIpc) is 3.02. The van der Waals surface area contributed by atoms with Crippen LogP contribution in [0.5, 0.6) is 0 Å². The largest absolute Gasteiger partial charge is 0.468 e. The normalized spacial score (nSPS) is 35.7. The van der Waals surface area contributed by atoms with E-state index >= 15 is 0 Å². The maximum absolute atomic E-state index is 11.9. The topological polar surface area (TPSA) is 64.8 Å². The van der Waals surface area contributed by atoms with Crippen LogP contribution in [-0.2, 0) is 14.3 Å². The van der Waals surface area contributed by atoms with Gasteiger partial charge in [-0.1, -0.05) is 6.42 Å². The van der Waals surface area contributed by atoms with Crippen molar-refractivity contribution in [3.8, 4) is 0 Å². The van der Waals surface area contributed by atoms with Gasteiger partial charge < -0.3 is 20.1 Å². The predicted octanol–water partition coefficient (Wildman–Crippen LogP) is 0.768. The van der Waals surface area contributed by atoms with Crippen LogP contribution in [-0.4, -0.2) is 56.4 Å². The van der Waals surface area contributed by atoms with Crippen LogP contribution in [0.3, 0.4) is 0 Å². The molecular formula is C14H26N2O3. The van der Waals surface area contributed by atoms with E-state index in [0.29, 0.717) is 6.10 Å². The van der Waals surface area contributed by atoms with Crippen LogP contribution in [0.25, 0.3) is 0 Å². The number of esters is 1. The molecule has 1 aliphatic heterocycles. The number of hydrogen-bond acceptors (Lipinski definition) is 5. The molecule has 2 N–H and O–H groups in total. The molecule has 2 fully saturated rings. The van der Waals surface area contributed by atoms with Crippen LogP contribution in [0.15, 0.2) is 0 Å². The quantitative estimate of drug-likeness (QED) is 0.748. The minimum Gasteiger partial charge on any atom is -0.468 e. The monoisotopic (exact) mass is 270 g/mol. The Kier molecular flexibility index (Phi) is 4.81. The summed E-state index contributed by atoms with van der Waals surface area (Å²) in [4.78, 5) is 14.3. The molecule has 0 amide bonds. The second kappa shape index (κ2) is 6.20. The summed E-state index contributed by atoms with van der Waals surface area (Å²) in [6, 6.07) is 0. The summed E-state index contributed by atoms with van der Waals surface area (Å²) < 4.78 is 10.2. The smallest absolute Gasteiger partial charge is 0.326 e. The van der Waals surface area contributed by atoms with Crippen LogP contribution in [0.2, 0.25) is 0 Å². The molecule has 1 heterocycles. The third-order valence-electron chi connectivity index (χ3n) is 4.79. The highest BCUT2D eigenvalue weighted by molar-refractivity contribution is 5.81. The number of likely N-dealkylation sites (tertiary alicyclic amines) is 1. The van der Waals surface area contributed by atoms with Crippen molar-refractivity contribution >= 4 is 5.97 Å². The maximum Gasteiger partial charge on any atom is 0.326 e. The molecule has 3 atom stereocenters. The molecule has 0 spiro atoms. The summed E-state index contributed by atoms with van der Waals surface area (Å²) in [7, 11) is 3.20. The zero-order valence-corrected chi connectivity index (χ0v) is 12.1. The first-order valence-corrected chi connectivity index (χ1v) is 7.22. The highest BCUT2D eigenvalue weighted by Crippen LogP contribution is 2.37. The van der Waals surface area contributed by atoms with Crippen molar-refractivity contribution in [2.24, 2.45) is 11.7 Å². The first-order valence-electron chi connectivity index (χ1n) is 7.22. The molecule has 110 valence electrons. The Morgan fingerprint density at radius 2 is 2.21 bits per heavy atom. The van der Waals surface area contributed by atoms with Gasteiger partial charge >= 0.3 is 5.97 Å². The first kappa shape index (κ1) is 14.8. The van der Waals surface area contributed by atoms with E-state index in [1.165, 1.54) is 7.11 Å². The van der Waals surface area contributed by atoms with Crippen molar-refractivity contribution in [1.29, 1.82) is 0 Å². The van der Waals surface area contributed by atoms with E-state index in [4.69, 9.17) is 15.2 Å². The Morgan fingerprint density at radius 1 is 1.42 bits per heavy atom. The van der Waals surface area contributed by atoms with E-state index in [1.807, 2.05) is 0 Å². The van der Waals surface area contributed by atoms with Gasteiger partial charge in [-0.2, -0.15) is 0 Å². The summed E-state index contributed by atoms with van der Waals surface area (Å²) >= 11 is 0. The standard InChI is InChI=1S/C14H26N2O3/c1-18-12-6-9-16(10-12)8-5-11-4-3-7-14(11,15)13(17)19-2/h11-12H,3-10,15H2,1-2H3. The maximum atomic E-state index is 11.9. The molecule has 5 nitrogen and oxygen atoms in total. The Hall–Kier alpha value is -0.650. The van der Waals surface area contributed by atoms with Gasteiger partial charge in [0.05, 0.1) is 13.2 Å². The lowest BCUT2D eigenvalue weighted by atomic mass is 9.85. The predicted molar refractivity (Wildman–Crippen MR) is 72.7 cm³/mol. The second-order valence-corrected chi connectivity index (χ2v) is 5.86. The molecule has 5 heteroatoms. The summed E-state index contributed by atoms with van der Waals surface area (Å²) in [5, 5.41) is 0. The molecule has 0 aromatic heterocycles. The number of carbonyl (C=O) groups excluding carboxylic acids is 1. The first-order chi connectivity index (χ1) is 9.10. The molecule has 0 aromatic rings. The van der Waals surface area contributed by atoms with Crippen molar-refractivity contribution in [2.45, 2.75) is 43.7 Å². The van der Waals surface area contributed by atoms with Gasteiger partial charge in [0, 0.05) is 20.2 Å². The van der Waals surface area contributed by atoms with Crippen molar-refractivity contribution in [2.75, 3.05) is 33.9 Å². The Bertz CT molecular complexity index is 324. The van der Waals surface area contributed by atoms with Gasteiger partial charge in [0.1, 0.15) is 5.54 Å². The number of nitrogens with two attached hydrogens (primary N) is 1. The molecule has 0 bridgehead atoms. The molecule has 0 aromatic carbocycles.